The molecule has 2 aromatic carbocycles. The van der Waals surface area contributed by atoms with Crippen LogP contribution in [-0.2, 0) is 16.1 Å². The Labute approximate surface area is 194 Å². The van der Waals surface area contributed by atoms with Crippen LogP contribution < -0.4 is 5.32 Å². The fraction of sp³-hybridized carbons (Fsp3) is 0.385. The van der Waals surface area contributed by atoms with Crippen molar-refractivity contribution in [2.75, 3.05) is 6.54 Å². The van der Waals surface area contributed by atoms with E-state index in [0.29, 0.717) is 24.1 Å². The molecule has 7 heteroatoms. The van der Waals surface area contributed by atoms with Gasteiger partial charge < -0.3 is 10.2 Å². The predicted octanol–water partition coefficient (Wildman–Crippen LogP) is 3.39. The molecule has 1 N–H and O–H groups in total. The van der Waals surface area contributed by atoms with Crippen molar-refractivity contribution in [1.29, 1.82) is 0 Å². The van der Waals surface area contributed by atoms with Crippen LogP contribution in [0.15, 0.2) is 54.6 Å². The quantitative estimate of drug-likeness (QED) is 0.626. The van der Waals surface area contributed by atoms with E-state index in [1.165, 1.54) is 4.90 Å². The lowest BCUT2D eigenvalue weighted by atomic mass is 10.1. The Morgan fingerprint density at radius 1 is 0.939 bits per heavy atom. The number of imide groups is 1. The lowest BCUT2D eigenvalue weighted by Gasteiger charge is -2.31. The normalized spacial score (nSPS) is 14.1. The van der Waals surface area contributed by atoms with E-state index in [2.05, 4.69) is 5.32 Å². The van der Waals surface area contributed by atoms with Crippen LogP contribution in [0.3, 0.4) is 0 Å². The maximum absolute atomic E-state index is 13.2. The highest BCUT2D eigenvalue weighted by Crippen LogP contribution is 2.23. The lowest BCUT2D eigenvalue weighted by Crippen LogP contribution is -2.52. The molecule has 1 heterocycles. The Balaban J connectivity index is 1.66. The number of nitrogens with zero attached hydrogens (tertiary/aromatic N) is 2. The van der Waals surface area contributed by atoms with E-state index in [1.807, 2.05) is 51.1 Å². The van der Waals surface area contributed by atoms with Gasteiger partial charge in [-0.05, 0) is 51.8 Å². The van der Waals surface area contributed by atoms with E-state index >= 15 is 0 Å². The van der Waals surface area contributed by atoms with Crippen molar-refractivity contribution in [2.45, 2.75) is 58.7 Å². The van der Waals surface area contributed by atoms with Gasteiger partial charge in [-0.15, -0.1) is 0 Å². The Morgan fingerprint density at radius 2 is 1.48 bits per heavy atom. The molecule has 7 nitrogen and oxygen atoms in total. The summed E-state index contributed by atoms with van der Waals surface area (Å²) in [5.74, 6) is -1.09. The number of fused-ring (bicyclic) bond motifs is 1. The summed E-state index contributed by atoms with van der Waals surface area (Å²) in [7, 11) is 0. The van der Waals surface area contributed by atoms with Crippen molar-refractivity contribution >= 4 is 23.6 Å². The molecule has 0 saturated carbocycles. The summed E-state index contributed by atoms with van der Waals surface area (Å²) in [5, 5.41) is 2.93. The molecular weight excluding hydrogens is 418 g/mol. The summed E-state index contributed by atoms with van der Waals surface area (Å²) in [4.78, 5) is 53.8. The largest absolute Gasteiger partial charge is 0.350 e. The number of amides is 4. The van der Waals surface area contributed by atoms with Crippen LogP contribution in [0.5, 0.6) is 0 Å². The zero-order chi connectivity index (χ0) is 24.2. The van der Waals surface area contributed by atoms with Gasteiger partial charge in [0.25, 0.3) is 11.8 Å². The average Bonchev–Trinajstić information content (AvgIpc) is 3.01. The third-order valence-electron chi connectivity index (χ3n) is 5.51. The molecule has 0 spiro atoms. The van der Waals surface area contributed by atoms with Crippen molar-refractivity contribution in [3.05, 3.63) is 71.3 Å². The zero-order valence-electron chi connectivity index (χ0n) is 19.6. The molecule has 1 atom stereocenters. The number of nitrogens with one attached hydrogen (secondary N) is 1. The van der Waals surface area contributed by atoms with Crippen LogP contribution in [0.4, 0.5) is 0 Å². The molecule has 0 unspecified atom stereocenters. The number of benzene rings is 2. The van der Waals surface area contributed by atoms with Crippen LogP contribution in [0.1, 0.15) is 66.8 Å². The maximum Gasteiger partial charge on any atom is 0.261 e. The number of carbonyl (C=O) groups excluding carboxylic acids is 4. The molecule has 0 aliphatic carbocycles. The van der Waals surface area contributed by atoms with Gasteiger partial charge >= 0.3 is 0 Å². The van der Waals surface area contributed by atoms with Gasteiger partial charge in [-0.25, -0.2) is 0 Å². The fourth-order valence-electron chi connectivity index (χ4n) is 3.81. The number of carbonyl (C=O) groups is 4. The van der Waals surface area contributed by atoms with Gasteiger partial charge in [-0.2, -0.15) is 0 Å². The summed E-state index contributed by atoms with van der Waals surface area (Å²) in [6, 6.07) is 15.5. The topological polar surface area (TPSA) is 86.8 Å². The van der Waals surface area contributed by atoms with Gasteiger partial charge in [0.2, 0.25) is 11.8 Å². The molecule has 0 radical (unpaired) electrons. The highest BCUT2D eigenvalue weighted by atomic mass is 16.2. The van der Waals surface area contributed by atoms with E-state index < -0.39 is 11.6 Å². The van der Waals surface area contributed by atoms with E-state index in [4.69, 9.17) is 0 Å². The van der Waals surface area contributed by atoms with Gasteiger partial charge in [0.05, 0.1) is 11.1 Å². The van der Waals surface area contributed by atoms with Gasteiger partial charge in [-0.1, -0.05) is 42.5 Å². The fourth-order valence-corrected chi connectivity index (χ4v) is 3.81. The first-order chi connectivity index (χ1) is 15.6. The van der Waals surface area contributed by atoms with E-state index in [0.717, 1.165) is 5.56 Å². The van der Waals surface area contributed by atoms with Crippen LogP contribution in [-0.4, -0.2) is 51.6 Å². The minimum absolute atomic E-state index is 0.118. The molecule has 1 aliphatic heterocycles. The minimum atomic E-state index is -0.670. The molecule has 0 bridgehead atoms. The molecule has 2 aromatic rings. The second-order valence-corrected chi connectivity index (χ2v) is 9.33. The molecule has 3 rings (SSSR count). The monoisotopic (exact) mass is 449 g/mol. The molecule has 0 aromatic heterocycles. The standard InChI is InChI=1S/C26H31N3O4/c1-18(23(31)27-26(2,3)4)29(17-19-11-6-5-7-12-19)22(30)15-10-16-28-24(32)20-13-8-9-14-21(20)25(28)33/h5-9,11-14,18H,10,15-17H2,1-4H3,(H,27,31)/t18-/m0/s1. The molecular formula is C26H31N3O4. The Morgan fingerprint density at radius 3 is 2.03 bits per heavy atom. The predicted molar refractivity (Wildman–Crippen MR) is 125 cm³/mol. The smallest absolute Gasteiger partial charge is 0.261 e. The van der Waals surface area contributed by atoms with Crippen molar-refractivity contribution in [3.8, 4) is 0 Å². The van der Waals surface area contributed by atoms with Crippen LogP contribution in [0.25, 0.3) is 0 Å². The highest BCUT2D eigenvalue weighted by molar-refractivity contribution is 6.21. The first kappa shape index (κ1) is 24.2. The second kappa shape index (κ2) is 9.98. The van der Waals surface area contributed by atoms with Gasteiger partial charge in [0.1, 0.15) is 6.04 Å². The van der Waals surface area contributed by atoms with Gasteiger partial charge in [0, 0.05) is 25.0 Å². The summed E-state index contributed by atoms with van der Waals surface area (Å²) >= 11 is 0. The minimum Gasteiger partial charge on any atom is -0.350 e. The Kier molecular flexibility index (Phi) is 7.31. The Hall–Kier alpha value is -3.48. The summed E-state index contributed by atoms with van der Waals surface area (Å²) in [5.41, 5.74) is 1.29. The Bertz CT molecular complexity index is 1010. The zero-order valence-corrected chi connectivity index (χ0v) is 19.6. The molecule has 0 saturated heterocycles. The highest BCUT2D eigenvalue weighted by Gasteiger charge is 2.35. The van der Waals surface area contributed by atoms with Crippen LogP contribution >= 0.6 is 0 Å². The van der Waals surface area contributed by atoms with Crippen molar-refractivity contribution < 1.29 is 19.2 Å². The lowest BCUT2D eigenvalue weighted by molar-refractivity contribution is -0.141. The molecule has 4 amide bonds. The average molecular weight is 450 g/mol. The molecule has 174 valence electrons. The SMILES string of the molecule is C[C@@H](C(=O)NC(C)(C)C)N(Cc1ccccc1)C(=O)CCCN1C(=O)c2ccccc2C1=O. The molecule has 33 heavy (non-hydrogen) atoms. The van der Waals surface area contributed by atoms with Crippen molar-refractivity contribution in [3.63, 3.8) is 0 Å². The van der Waals surface area contributed by atoms with E-state index in [9.17, 15) is 19.2 Å². The van der Waals surface area contributed by atoms with Crippen LogP contribution in [0.2, 0.25) is 0 Å². The third-order valence-corrected chi connectivity index (χ3v) is 5.51. The first-order valence-electron chi connectivity index (χ1n) is 11.2. The van der Waals surface area contributed by atoms with Gasteiger partial charge in [-0.3, -0.25) is 24.1 Å². The molecule has 0 fully saturated rings. The number of rotatable bonds is 8. The van der Waals surface area contributed by atoms with Crippen LogP contribution in [0, 0.1) is 0 Å². The summed E-state index contributed by atoms with van der Waals surface area (Å²) in [6.45, 7) is 7.84. The first-order valence-corrected chi connectivity index (χ1v) is 11.2. The number of hydrogen-bond acceptors (Lipinski definition) is 4. The van der Waals surface area contributed by atoms with Crippen molar-refractivity contribution in [2.24, 2.45) is 0 Å². The summed E-state index contributed by atoms with van der Waals surface area (Å²) < 4.78 is 0. The second-order valence-electron chi connectivity index (χ2n) is 9.33. The van der Waals surface area contributed by atoms with Crippen molar-refractivity contribution in [1.82, 2.24) is 15.1 Å². The van der Waals surface area contributed by atoms with E-state index in [-0.39, 0.29) is 36.6 Å². The number of hydrogen-bond donors (Lipinski definition) is 1. The third kappa shape index (κ3) is 5.86. The summed E-state index contributed by atoms with van der Waals surface area (Å²) in [6.07, 6.45) is 0.441. The van der Waals surface area contributed by atoms with Gasteiger partial charge in [0.15, 0.2) is 0 Å². The molecule has 1 aliphatic rings. The maximum atomic E-state index is 13.2. The van der Waals surface area contributed by atoms with E-state index in [1.54, 1.807) is 36.1 Å².